The number of nitrogens with zero attached hydrogens (tertiary/aromatic N) is 2. The summed E-state index contributed by atoms with van der Waals surface area (Å²) in [5.41, 5.74) is 1.18. The predicted molar refractivity (Wildman–Crippen MR) is 111 cm³/mol. The summed E-state index contributed by atoms with van der Waals surface area (Å²) in [4.78, 5) is 29.6. The van der Waals surface area contributed by atoms with Crippen molar-refractivity contribution in [3.05, 3.63) is 59.3 Å². The van der Waals surface area contributed by atoms with E-state index < -0.39 is 6.10 Å². The van der Waals surface area contributed by atoms with Gasteiger partial charge in [-0.05, 0) is 36.4 Å². The summed E-state index contributed by atoms with van der Waals surface area (Å²) in [6, 6.07) is 14.0. The fourth-order valence-corrected chi connectivity index (χ4v) is 3.98. The number of benzene rings is 2. The van der Waals surface area contributed by atoms with Gasteiger partial charge in [-0.15, -0.1) is 0 Å². The van der Waals surface area contributed by atoms with Crippen molar-refractivity contribution in [2.24, 2.45) is 0 Å². The molecule has 2 amide bonds. The smallest absolute Gasteiger partial charge is 0.294 e. The van der Waals surface area contributed by atoms with Crippen molar-refractivity contribution in [1.29, 1.82) is 0 Å². The zero-order valence-corrected chi connectivity index (χ0v) is 16.8. The van der Waals surface area contributed by atoms with Crippen molar-refractivity contribution in [1.82, 2.24) is 4.90 Å². The summed E-state index contributed by atoms with van der Waals surface area (Å²) in [5, 5.41) is 1.31. The fourth-order valence-electron chi connectivity index (χ4n) is 3.80. The summed E-state index contributed by atoms with van der Waals surface area (Å²) in [6.07, 6.45) is -0.791. The molecule has 0 N–H and O–H groups in total. The Labute approximate surface area is 177 Å². The molecule has 0 spiro atoms. The number of ether oxygens (including phenoxy) is 2. The van der Waals surface area contributed by atoms with E-state index in [4.69, 9.17) is 25.5 Å². The normalized spacial score (nSPS) is 18.8. The first-order valence-electron chi connectivity index (χ1n) is 9.73. The Morgan fingerprint density at radius 3 is 2.67 bits per heavy atom. The molecule has 3 heterocycles. The van der Waals surface area contributed by atoms with Crippen LogP contribution in [0, 0.1) is 0 Å². The number of furan rings is 1. The lowest BCUT2D eigenvalue weighted by molar-refractivity contribution is -0.142. The number of morpholine rings is 1. The predicted octanol–water partition coefficient (Wildman–Crippen LogP) is 3.35. The van der Waals surface area contributed by atoms with Crippen LogP contribution in [0.1, 0.15) is 10.6 Å². The molecule has 0 unspecified atom stereocenters. The molecule has 154 valence electrons. The van der Waals surface area contributed by atoms with E-state index >= 15 is 0 Å². The minimum atomic E-state index is -0.791. The Morgan fingerprint density at radius 2 is 1.83 bits per heavy atom. The number of rotatable bonds is 2. The second-order valence-corrected chi connectivity index (χ2v) is 7.66. The maximum atomic E-state index is 13.4. The molecule has 7 nitrogen and oxygen atoms in total. The van der Waals surface area contributed by atoms with E-state index in [0.717, 1.165) is 5.39 Å². The van der Waals surface area contributed by atoms with E-state index in [0.29, 0.717) is 48.3 Å². The average molecular weight is 427 g/mol. The van der Waals surface area contributed by atoms with Crippen LogP contribution in [-0.2, 0) is 9.53 Å². The van der Waals surface area contributed by atoms with Gasteiger partial charge in [-0.2, -0.15) is 0 Å². The third kappa shape index (κ3) is 3.40. The maximum absolute atomic E-state index is 13.4. The van der Waals surface area contributed by atoms with Crippen LogP contribution in [0.25, 0.3) is 11.0 Å². The number of carbonyl (C=O) groups excluding carboxylic acids is 2. The highest BCUT2D eigenvalue weighted by molar-refractivity contribution is 6.31. The zero-order valence-electron chi connectivity index (χ0n) is 16.0. The van der Waals surface area contributed by atoms with Crippen LogP contribution in [-0.4, -0.2) is 55.7 Å². The number of amides is 2. The third-order valence-electron chi connectivity index (χ3n) is 5.31. The topological polar surface area (TPSA) is 72.2 Å². The van der Waals surface area contributed by atoms with Gasteiger partial charge in [0.05, 0.1) is 25.4 Å². The quantitative estimate of drug-likeness (QED) is 0.628. The molecule has 5 rings (SSSR count). The van der Waals surface area contributed by atoms with Crippen molar-refractivity contribution >= 4 is 40.1 Å². The Kier molecular flexibility index (Phi) is 4.84. The molecule has 0 radical (unpaired) electrons. The van der Waals surface area contributed by atoms with Crippen LogP contribution < -0.4 is 9.64 Å². The highest BCUT2D eigenvalue weighted by atomic mass is 35.5. The summed E-state index contributed by atoms with van der Waals surface area (Å²) in [5.74, 6) is 0.184. The molecule has 2 aliphatic heterocycles. The molecule has 0 aliphatic carbocycles. The number of hydrogen-bond acceptors (Lipinski definition) is 5. The van der Waals surface area contributed by atoms with Gasteiger partial charge in [-0.1, -0.05) is 23.7 Å². The largest absolute Gasteiger partial charge is 0.476 e. The number of para-hydroxylation sites is 2. The molecule has 8 heteroatoms. The van der Waals surface area contributed by atoms with Crippen molar-refractivity contribution < 1.29 is 23.5 Å². The van der Waals surface area contributed by atoms with Crippen LogP contribution >= 0.6 is 11.6 Å². The van der Waals surface area contributed by atoms with E-state index in [1.54, 1.807) is 46.2 Å². The minimum Gasteiger partial charge on any atom is -0.476 e. The van der Waals surface area contributed by atoms with Crippen molar-refractivity contribution in [2.75, 3.05) is 37.7 Å². The number of anilines is 1. The SMILES string of the molecule is O=C([C@H]1CN(C(=O)c2cc3cc(Cl)ccc3o2)c2ccccc2O1)N1CCOCC1. The summed E-state index contributed by atoms with van der Waals surface area (Å²) in [6.45, 7) is 2.12. The first kappa shape index (κ1) is 19.0. The maximum Gasteiger partial charge on any atom is 0.294 e. The molecular formula is C22H19ClN2O5. The molecule has 3 aromatic rings. The summed E-state index contributed by atoms with van der Waals surface area (Å²) >= 11 is 6.05. The molecular weight excluding hydrogens is 408 g/mol. The Bertz CT molecular complexity index is 1120. The van der Waals surface area contributed by atoms with Gasteiger partial charge in [0, 0.05) is 23.5 Å². The van der Waals surface area contributed by atoms with Crippen LogP contribution in [0.15, 0.2) is 52.9 Å². The molecule has 1 saturated heterocycles. The lowest BCUT2D eigenvalue weighted by Crippen LogP contribution is -2.54. The Hall–Kier alpha value is -3.03. The van der Waals surface area contributed by atoms with Gasteiger partial charge in [-0.25, -0.2) is 0 Å². The molecule has 2 aromatic carbocycles. The minimum absolute atomic E-state index is 0.101. The molecule has 0 bridgehead atoms. The first-order valence-corrected chi connectivity index (χ1v) is 10.1. The second kappa shape index (κ2) is 7.66. The lowest BCUT2D eigenvalue weighted by Gasteiger charge is -2.37. The first-order chi connectivity index (χ1) is 14.6. The van der Waals surface area contributed by atoms with Crippen LogP contribution in [0.5, 0.6) is 5.75 Å². The Morgan fingerprint density at radius 1 is 1.03 bits per heavy atom. The highest BCUT2D eigenvalue weighted by Gasteiger charge is 2.37. The second-order valence-electron chi connectivity index (χ2n) is 7.22. The van der Waals surface area contributed by atoms with Gasteiger partial charge >= 0.3 is 0 Å². The third-order valence-corrected chi connectivity index (χ3v) is 5.54. The van der Waals surface area contributed by atoms with Gasteiger partial charge in [0.25, 0.3) is 11.8 Å². The number of hydrogen-bond donors (Lipinski definition) is 0. The van der Waals surface area contributed by atoms with E-state index in [1.807, 2.05) is 12.1 Å². The average Bonchev–Trinajstić information content (AvgIpc) is 3.21. The van der Waals surface area contributed by atoms with E-state index in [1.165, 1.54) is 0 Å². The van der Waals surface area contributed by atoms with Crippen molar-refractivity contribution in [2.45, 2.75) is 6.10 Å². The van der Waals surface area contributed by atoms with E-state index in [-0.39, 0.29) is 24.1 Å². The number of fused-ring (bicyclic) bond motifs is 2. The highest BCUT2D eigenvalue weighted by Crippen LogP contribution is 2.35. The van der Waals surface area contributed by atoms with Crippen molar-refractivity contribution in [3.8, 4) is 5.75 Å². The van der Waals surface area contributed by atoms with Gasteiger partial charge in [0.15, 0.2) is 11.9 Å². The number of halogens is 1. The van der Waals surface area contributed by atoms with Gasteiger partial charge in [0.2, 0.25) is 0 Å². The standard InChI is InChI=1S/C22H19ClN2O5/c23-15-5-6-17-14(11-15)12-19(29-17)22(27)25-13-20(21(26)24-7-9-28-10-8-24)30-18-4-2-1-3-16(18)25/h1-6,11-12,20H,7-10,13H2/t20-/m1/s1. The zero-order chi connectivity index (χ0) is 20.7. The number of carbonyl (C=O) groups is 2. The van der Waals surface area contributed by atoms with E-state index in [9.17, 15) is 9.59 Å². The van der Waals surface area contributed by atoms with Crippen molar-refractivity contribution in [3.63, 3.8) is 0 Å². The molecule has 30 heavy (non-hydrogen) atoms. The molecule has 1 aromatic heterocycles. The van der Waals surface area contributed by atoms with Gasteiger partial charge < -0.3 is 18.8 Å². The molecule has 2 aliphatic rings. The molecule has 1 fully saturated rings. The van der Waals surface area contributed by atoms with E-state index in [2.05, 4.69) is 0 Å². The summed E-state index contributed by atoms with van der Waals surface area (Å²) < 4.78 is 17.1. The fraction of sp³-hybridized carbons (Fsp3) is 0.273. The van der Waals surface area contributed by atoms with Crippen LogP contribution in [0.4, 0.5) is 5.69 Å². The van der Waals surface area contributed by atoms with Crippen LogP contribution in [0.2, 0.25) is 5.02 Å². The van der Waals surface area contributed by atoms with Gasteiger partial charge in [-0.3, -0.25) is 14.5 Å². The van der Waals surface area contributed by atoms with Crippen LogP contribution in [0.3, 0.4) is 0 Å². The molecule has 0 saturated carbocycles. The summed E-state index contributed by atoms with van der Waals surface area (Å²) in [7, 11) is 0. The molecule has 1 atom stereocenters. The monoisotopic (exact) mass is 426 g/mol. The van der Waals surface area contributed by atoms with Gasteiger partial charge in [0.1, 0.15) is 11.3 Å². The Balaban J connectivity index is 1.47. The lowest BCUT2D eigenvalue weighted by atomic mass is 10.1.